The molecule has 0 fully saturated rings. The zero-order chi connectivity index (χ0) is 13.8. The van der Waals surface area contributed by atoms with Crippen molar-refractivity contribution in [3.63, 3.8) is 0 Å². The molecule has 0 bridgehead atoms. The van der Waals surface area contributed by atoms with Crippen LogP contribution in [0.4, 0.5) is 11.5 Å². The standard InChI is InChI=1S/C13H8ClN3O2/c14-10-6-8(13(18)19)4-5-11(10)17-12-3-1-2-9(7-15)16-12/h1-6H,(H,16,17)(H,18,19). The van der Waals surface area contributed by atoms with Gasteiger partial charge < -0.3 is 10.4 Å². The van der Waals surface area contributed by atoms with E-state index in [1.165, 1.54) is 12.1 Å². The Morgan fingerprint density at radius 3 is 2.79 bits per heavy atom. The third-order valence-corrected chi connectivity index (χ3v) is 2.66. The summed E-state index contributed by atoms with van der Waals surface area (Å²) in [6, 6.07) is 11.2. The normalized spacial score (nSPS) is 9.68. The summed E-state index contributed by atoms with van der Waals surface area (Å²) in [7, 11) is 0. The molecule has 19 heavy (non-hydrogen) atoms. The third kappa shape index (κ3) is 3.00. The lowest BCUT2D eigenvalue weighted by Crippen LogP contribution is -1.99. The second-order valence-corrected chi connectivity index (χ2v) is 4.05. The monoisotopic (exact) mass is 273 g/mol. The van der Waals surface area contributed by atoms with Gasteiger partial charge in [-0.1, -0.05) is 17.7 Å². The van der Waals surface area contributed by atoms with Crippen LogP contribution in [0.1, 0.15) is 16.1 Å². The van der Waals surface area contributed by atoms with E-state index in [2.05, 4.69) is 10.3 Å². The Morgan fingerprint density at radius 2 is 2.16 bits per heavy atom. The number of nitriles is 1. The van der Waals surface area contributed by atoms with Crippen molar-refractivity contribution >= 4 is 29.1 Å². The molecule has 1 aromatic carbocycles. The lowest BCUT2D eigenvalue weighted by Gasteiger charge is -2.08. The molecular formula is C13H8ClN3O2. The fourth-order valence-electron chi connectivity index (χ4n) is 1.45. The van der Waals surface area contributed by atoms with Crippen LogP contribution in [0.15, 0.2) is 36.4 Å². The molecule has 0 saturated carbocycles. The first-order valence-corrected chi connectivity index (χ1v) is 5.65. The first-order chi connectivity index (χ1) is 9.10. The predicted molar refractivity (Wildman–Crippen MR) is 70.6 cm³/mol. The Balaban J connectivity index is 2.28. The van der Waals surface area contributed by atoms with E-state index in [-0.39, 0.29) is 16.3 Å². The van der Waals surface area contributed by atoms with E-state index in [0.717, 1.165) is 0 Å². The van der Waals surface area contributed by atoms with Crippen LogP contribution < -0.4 is 5.32 Å². The van der Waals surface area contributed by atoms with E-state index in [9.17, 15) is 4.79 Å². The Labute approximate surface area is 114 Å². The molecule has 2 N–H and O–H groups in total. The largest absolute Gasteiger partial charge is 0.478 e. The van der Waals surface area contributed by atoms with Gasteiger partial charge in [-0.05, 0) is 30.3 Å². The van der Waals surface area contributed by atoms with Crippen LogP contribution in [-0.4, -0.2) is 16.1 Å². The Hall–Kier alpha value is -2.58. The maximum absolute atomic E-state index is 10.8. The topological polar surface area (TPSA) is 86.0 Å². The molecule has 0 aliphatic rings. The van der Waals surface area contributed by atoms with Gasteiger partial charge in [0.25, 0.3) is 0 Å². The minimum atomic E-state index is -1.04. The zero-order valence-corrected chi connectivity index (χ0v) is 10.3. The number of hydrogen-bond donors (Lipinski definition) is 2. The number of halogens is 1. The Kier molecular flexibility index (Phi) is 3.64. The van der Waals surface area contributed by atoms with Gasteiger partial charge in [-0.2, -0.15) is 5.26 Å². The van der Waals surface area contributed by atoms with Crippen molar-refractivity contribution in [3.8, 4) is 6.07 Å². The average Bonchev–Trinajstić information content (AvgIpc) is 2.41. The maximum atomic E-state index is 10.8. The second kappa shape index (κ2) is 5.38. The number of aromatic carboxylic acids is 1. The molecule has 2 rings (SSSR count). The van der Waals surface area contributed by atoms with E-state index in [0.29, 0.717) is 11.5 Å². The smallest absolute Gasteiger partial charge is 0.335 e. The highest BCUT2D eigenvalue weighted by Crippen LogP contribution is 2.25. The summed E-state index contributed by atoms with van der Waals surface area (Å²) in [6.07, 6.45) is 0. The number of anilines is 2. The van der Waals surface area contributed by atoms with Crippen LogP contribution in [0.5, 0.6) is 0 Å². The van der Waals surface area contributed by atoms with Crippen LogP contribution in [0.2, 0.25) is 5.02 Å². The number of carboxylic acid groups (broad SMARTS) is 1. The number of aromatic nitrogens is 1. The van der Waals surface area contributed by atoms with Gasteiger partial charge in [-0.15, -0.1) is 0 Å². The fourth-order valence-corrected chi connectivity index (χ4v) is 1.68. The average molecular weight is 274 g/mol. The van der Waals surface area contributed by atoms with Crippen molar-refractivity contribution in [2.45, 2.75) is 0 Å². The van der Waals surface area contributed by atoms with Gasteiger partial charge in [0.05, 0.1) is 16.3 Å². The summed E-state index contributed by atoms with van der Waals surface area (Å²) in [5.41, 5.74) is 0.909. The van der Waals surface area contributed by atoms with Crippen molar-refractivity contribution < 1.29 is 9.90 Å². The van der Waals surface area contributed by atoms with Gasteiger partial charge >= 0.3 is 5.97 Å². The molecule has 0 aliphatic heterocycles. The van der Waals surface area contributed by atoms with Gasteiger partial charge in [-0.3, -0.25) is 0 Å². The Morgan fingerprint density at radius 1 is 1.37 bits per heavy atom. The molecule has 1 aromatic heterocycles. The highest BCUT2D eigenvalue weighted by molar-refractivity contribution is 6.33. The number of carbonyl (C=O) groups is 1. The molecule has 0 spiro atoms. The molecule has 6 heteroatoms. The van der Waals surface area contributed by atoms with Gasteiger partial charge in [0.1, 0.15) is 17.6 Å². The van der Waals surface area contributed by atoms with Gasteiger partial charge in [-0.25, -0.2) is 9.78 Å². The molecule has 0 aliphatic carbocycles. The van der Waals surface area contributed by atoms with Crippen LogP contribution in [0.3, 0.4) is 0 Å². The summed E-state index contributed by atoms with van der Waals surface area (Å²) in [5, 5.41) is 20.8. The first kappa shape index (κ1) is 12.9. The van der Waals surface area contributed by atoms with Crippen LogP contribution >= 0.6 is 11.6 Å². The quantitative estimate of drug-likeness (QED) is 0.897. The van der Waals surface area contributed by atoms with Crippen LogP contribution in [0, 0.1) is 11.3 Å². The molecule has 2 aromatic rings. The van der Waals surface area contributed by atoms with Gasteiger partial charge in [0.2, 0.25) is 0 Å². The molecule has 94 valence electrons. The van der Waals surface area contributed by atoms with Gasteiger partial charge in [0, 0.05) is 0 Å². The van der Waals surface area contributed by atoms with E-state index < -0.39 is 5.97 Å². The number of nitrogens with zero attached hydrogens (tertiary/aromatic N) is 2. The molecule has 0 radical (unpaired) electrons. The minimum Gasteiger partial charge on any atom is -0.478 e. The summed E-state index contributed by atoms with van der Waals surface area (Å²) < 4.78 is 0. The fraction of sp³-hybridized carbons (Fsp3) is 0. The molecule has 0 unspecified atom stereocenters. The van der Waals surface area contributed by atoms with Crippen molar-refractivity contribution in [3.05, 3.63) is 52.7 Å². The van der Waals surface area contributed by atoms with Crippen LogP contribution in [0.25, 0.3) is 0 Å². The van der Waals surface area contributed by atoms with Gasteiger partial charge in [0.15, 0.2) is 0 Å². The first-order valence-electron chi connectivity index (χ1n) is 5.27. The molecule has 0 atom stereocenters. The van der Waals surface area contributed by atoms with Crippen molar-refractivity contribution in [2.75, 3.05) is 5.32 Å². The number of nitrogens with one attached hydrogen (secondary N) is 1. The zero-order valence-electron chi connectivity index (χ0n) is 9.59. The molecule has 1 heterocycles. The number of hydrogen-bond acceptors (Lipinski definition) is 4. The molecule has 0 saturated heterocycles. The Bertz CT molecular complexity index is 680. The third-order valence-electron chi connectivity index (χ3n) is 2.34. The summed E-state index contributed by atoms with van der Waals surface area (Å²) in [5.74, 6) is -0.581. The highest BCUT2D eigenvalue weighted by Gasteiger charge is 2.07. The minimum absolute atomic E-state index is 0.106. The summed E-state index contributed by atoms with van der Waals surface area (Å²) in [6.45, 7) is 0. The number of pyridine rings is 1. The lowest BCUT2D eigenvalue weighted by atomic mass is 10.2. The van der Waals surface area contributed by atoms with E-state index in [1.54, 1.807) is 24.3 Å². The van der Waals surface area contributed by atoms with Crippen molar-refractivity contribution in [1.29, 1.82) is 5.26 Å². The van der Waals surface area contributed by atoms with Crippen molar-refractivity contribution in [1.82, 2.24) is 4.98 Å². The summed E-state index contributed by atoms with van der Waals surface area (Å²) in [4.78, 5) is 14.8. The predicted octanol–water partition coefficient (Wildman–Crippen LogP) is 3.05. The van der Waals surface area contributed by atoms with Crippen molar-refractivity contribution in [2.24, 2.45) is 0 Å². The number of carboxylic acids is 1. The maximum Gasteiger partial charge on any atom is 0.335 e. The molecule has 0 amide bonds. The van der Waals surface area contributed by atoms with E-state index in [4.69, 9.17) is 22.0 Å². The molecule has 5 nitrogen and oxygen atoms in total. The van der Waals surface area contributed by atoms with E-state index >= 15 is 0 Å². The second-order valence-electron chi connectivity index (χ2n) is 3.64. The number of benzene rings is 1. The lowest BCUT2D eigenvalue weighted by molar-refractivity contribution is 0.0697. The number of rotatable bonds is 3. The molecular weight excluding hydrogens is 266 g/mol. The SMILES string of the molecule is N#Cc1cccc(Nc2ccc(C(=O)O)cc2Cl)n1. The summed E-state index contributed by atoms with van der Waals surface area (Å²) >= 11 is 5.98. The van der Waals surface area contributed by atoms with Crippen LogP contribution in [-0.2, 0) is 0 Å². The highest BCUT2D eigenvalue weighted by atomic mass is 35.5. The van der Waals surface area contributed by atoms with E-state index in [1.807, 2.05) is 6.07 Å².